The van der Waals surface area contributed by atoms with Gasteiger partial charge in [0.05, 0.1) is 12.1 Å². The number of benzene rings is 2. The van der Waals surface area contributed by atoms with Crippen molar-refractivity contribution in [2.24, 2.45) is 9.98 Å². The van der Waals surface area contributed by atoms with Crippen LogP contribution in [-0.4, -0.2) is 34.7 Å². The van der Waals surface area contributed by atoms with Gasteiger partial charge in [0.2, 0.25) is 0 Å². The van der Waals surface area contributed by atoms with E-state index in [4.69, 9.17) is 9.98 Å². The number of aryl methyl sites for hydroxylation is 2. The monoisotopic (exact) mass is 378 g/mol. The predicted octanol–water partition coefficient (Wildman–Crippen LogP) is 5.07. The van der Waals surface area contributed by atoms with Gasteiger partial charge in [0.1, 0.15) is 11.5 Å². The van der Waals surface area contributed by atoms with Crippen molar-refractivity contribution in [1.82, 2.24) is 0 Å². The molecule has 1 fully saturated rings. The number of phenolic OH excluding ortho intramolecular Hbond substituents is 2. The number of hydrogen-bond acceptors (Lipinski definition) is 4. The zero-order chi connectivity index (χ0) is 19.9. The van der Waals surface area contributed by atoms with Crippen LogP contribution >= 0.6 is 0 Å². The van der Waals surface area contributed by atoms with Crippen molar-refractivity contribution in [3.63, 3.8) is 0 Å². The first kappa shape index (κ1) is 20.1. The Balaban J connectivity index is 1.56. The van der Waals surface area contributed by atoms with Crippen molar-refractivity contribution in [3.05, 3.63) is 58.7 Å². The van der Waals surface area contributed by atoms with E-state index in [1.165, 1.54) is 11.1 Å². The summed E-state index contributed by atoms with van der Waals surface area (Å²) in [7, 11) is 0. The molecule has 0 heterocycles. The van der Waals surface area contributed by atoms with Crippen LogP contribution in [0.4, 0.5) is 0 Å². The van der Waals surface area contributed by atoms with Gasteiger partial charge in [0.25, 0.3) is 0 Å². The van der Waals surface area contributed by atoms with Gasteiger partial charge in [0, 0.05) is 23.6 Å². The van der Waals surface area contributed by atoms with Crippen LogP contribution in [0.3, 0.4) is 0 Å². The molecule has 0 amide bonds. The molecule has 0 atom stereocenters. The van der Waals surface area contributed by atoms with E-state index >= 15 is 0 Å². The Hall–Kier alpha value is -2.62. The van der Waals surface area contributed by atoms with E-state index in [1.807, 2.05) is 36.7 Å². The largest absolute Gasteiger partial charge is 0.507 e. The van der Waals surface area contributed by atoms with E-state index in [-0.39, 0.29) is 23.6 Å². The fraction of sp³-hybridized carbons (Fsp3) is 0.417. The summed E-state index contributed by atoms with van der Waals surface area (Å²) in [6.45, 7) is 4.21. The quantitative estimate of drug-likeness (QED) is 0.689. The molecule has 1 aliphatic carbocycles. The molecule has 3 rings (SSSR count). The van der Waals surface area contributed by atoms with Crippen LogP contribution in [0, 0.1) is 0 Å². The second-order valence-electron chi connectivity index (χ2n) is 7.51. The minimum Gasteiger partial charge on any atom is -0.507 e. The third kappa shape index (κ3) is 5.22. The van der Waals surface area contributed by atoms with Crippen molar-refractivity contribution < 1.29 is 10.2 Å². The second kappa shape index (κ2) is 9.54. The molecule has 0 aliphatic heterocycles. The van der Waals surface area contributed by atoms with Crippen molar-refractivity contribution in [1.29, 1.82) is 0 Å². The van der Waals surface area contributed by atoms with Crippen molar-refractivity contribution in [2.75, 3.05) is 0 Å². The highest BCUT2D eigenvalue weighted by atomic mass is 16.3. The van der Waals surface area contributed by atoms with Gasteiger partial charge in [-0.2, -0.15) is 0 Å². The molecule has 2 N–H and O–H groups in total. The maximum Gasteiger partial charge on any atom is 0.124 e. The zero-order valence-electron chi connectivity index (χ0n) is 16.8. The van der Waals surface area contributed by atoms with E-state index in [0.717, 1.165) is 49.7 Å². The Morgan fingerprint density at radius 3 is 1.50 bits per heavy atom. The molecule has 1 aliphatic rings. The first-order valence-corrected chi connectivity index (χ1v) is 10.3. The maximum atomic E-state index is 10.0. The summed E-state index contributed by atoms with van der Waals surface area (Å²) in [5, 5.41) is 20.0. The first-order valence-electron chi connectivity index (χ1n) is 10.3. The van der Waals surface area contributed by atoms with Gasteiger partial charge < -0.3 is 10.2 Å². The van der Waals surface area contributed by atoms with Crippen LogP contribution in [0.2, 0.25) is 0 Å². The fourth-order valence-electron chi connectivity index (χ4n) is 3.58. The average Bonchev–Trinajstić information content (AvgIpc) is 2.73. The molecule has 28 heavy (non-hydrogen) atoms. The lowest BCUT2D eigenvalue weighted by molar-refractivity contribution is 0.399. The van der Waals surface area contributed by atoms with Gasteiger partial charge in [-0.25, -0.2) is 0 Å². The molecule has 4 heteroatoms. The molecule has 1 saturated carbocycles. The lowest BCUT2D eigenvalue weighted by Gasteiger charge is -2.23. The summed E-state index contributed by atoms with van der Waals surface area (Å²) in [6, 6.07) is 12.0. The Morgan fingerprint density at radius 1 is 0.750 bits per heavy atom. The zero-order valence-corrected chi connectivity index (χ0v) is 16.8. The molecular formula is C24H30N2O2. The molecule has 148 valence electrons. The van der Waals surface area contributed by atoms with Gasteiger partial charge in [-0.3, -0.25) is 9.98 Å². The molecule has 0 bridgehead atoms. The van der Waals surface area contributed by atoms with E-state index in [9.17, 15) is 10.2 Å². The van der Waals surface area contributed by atoms with Crippen molar-refractivity contribution >= 4 is 12.4 Å². The molecular weight excluding hydrogens is 348 g/mol. The number of hydrogen-bond donors (Lipinski definition) is 2. The Kier molecular flexibility index (Phi) is 6.85. The minimum absolute atomic E-state index is 0.285. The first-order chi connectivity index (χ1) is 13.6. The molecule has 2 aromatic rings. The summed E-state index contributed by atoms with van der Waals surface area (Å²) < 4.78 is 0. The Labute approximate surface area is 167 Å². The van der Waals surface area contributed by atoms with Crippen LogP contribution in [0.5, 0.6) is 11.5 Å². The Bertz CT molecular complexity index is 778. The van der Waals surface area contributed by atoms with E-state index in [0.29, 0.717) is 0 Å². The molecule has 0 aromatic heterocycles. The molecule has 0 radical (unpaired) electrons. The van der Waals surface area contributed by atoms with Gasteiger partial charge in [-0.05, 0) is 73.9 Å². The number of phenols is 2. The molecule has 0 unspecified atom stereocenters. The van der Waals surface area contributed by atoms with Crippen LogP contribution in [0.25, 0.3) is 0 Å². The van der Waals surface area contributed by atoms with Crippen LogP contribution in [-0.2, 0) is 12.8 Å². The predicted molar refractivity (Wildman–Crippen MR) is 116 cm³/mol. The van der Waals surface area contributed by atoms with Crippen LogP contribution in [0.15, 0.2) is 46.4 Å². The lowest BCUT2D eigenvalue weighted by atomic mass is 9.92. The highest BCUT2D eigenvalue weighted by Gasteiger charge is 2.19. The highest BCUT2D eigenvalue weighted by molar-refractivity contribution is 5.84. The van der Waals surface area contributed by atoms with Crippen LogP contribution < -0.4 is 0 Å². The lowest BCUT2D eigenvalue weighted by Crippen LogP contribution is -2.20. The van der Waals surface area contributed by atoms with Gasteiger partial charge >= 0.3 is 0 Å². The molecule has 0 spiro atoms. The smallest absolute Gasteiger partial charge is 0.124 e. The maximum absolute atomic E-state index is 10.0. The normalized spacial score (nSPS) is 20.2. The summed E-state index contributed by atoms with van der Waals surface area (Å²) in [6.07, 6.45) is 9.50. The SMILES string of the molecule is CCc1ccc(O)c(C=NC2CCC(N=Cc3cc(CC)ccc3O)CC2)c1. The minimum atomic E-state index is 0.285. The van der Waals surface area contributed by atoms with Gasteiger partial charge in [0.15, 0.2) is 0 Å². The summed E-state index contributed by atoms with van der Waals surface area (Å²) in [4.78, 5) is 9.40. The number of nitrogens with zero attached hydrogens (tertiary/aromatic N) is 2. The highest BCUT2D eigenvalue weighted by Crippen LogP contribution is 2.25. The van der Waals surface area contributed by atoms with Gasteiger partial charge in [-0.1, -0.05) is 26.0 Å². The van der Waals surface area contributed by atoms with Gasteiger partial charge in [-0.15, -0.1) is 0 Å². The third-order valence-electron chi connectivity index (χ3n) is 5.52. The molecule has 0 saturated heterocycles. The standard InChI is InChI=1S/C24H30N2O2/c1-3-17-5-11-23(27)19(13-17)15-25-21-7-9-22(10-8-21)26-16-20-14-18(4-2)6-12-24(20)28/h5-6,11-16,21-22,27-28H,3-4,7-10H2,1-2H3. The summed E-state index contributed by atoms with van der Waals surface area (Å²) in [5.41, 5.74) is 4.00. The topological polar surface area (TPSA) is 65.2 Å². The van der Waals surface area contributed by atoms with E-state index in [1.54, 1.807) is 12.1 Å². The summed E-state index contributed by atoms with van der Waals surface area (Å²) >= 11 is 0. The number of aliphatic imine (C=N–C) groups is 2. The van der Waals surface area contributed by atoms with Crippen molar-refractivity contribution in [3.8, 4) is 11.5 Å². The summed E-state index contributed by atoms with van der Waals surface area (Å²) in [5.74, 6) is 0.571. The van der Waals surface area contributed by atoms with Crippen molar-refractivity contribution in [2.45, 2.75) is 64.5 Å². The fourth-order valence-corrected chi connectivity index (χ4v) is 3.58. The van der Waals surface area contributed by atoms with Crippen LogP contribution in [0.1, 0.15) is 61.8 Å². The number of aromatic hydroxyl groups is 2. The second-order valence-corrected chi connectivity index (χ2v) is 7.51. The third-order valence-corrected chi connectivity index (χ3v) is 5.52. The van der Waals surface area contributed by atoms with E-state index in [2.05, 4.69) is 13.8 Å². The molecule has 4 nitrogen and oxygen atoms in total. The Morgan fingerprint density at radius 2 is 1.14 bits per heavy atom. The average molecular weight is 379 g/mol. The van der Waals surface area contributed by atoms with E-state index < -0.39 is 0 Å². The number of rotatable bonds is 6. The molecule has 2 aromatic carbocycles.